The minimum atomic E-state index is -0.468. The van der Waals surface area contributed by atoms with Crippen LogP contribution < -0.4 is 0 Å². The molecule has 140 valence electrons. The molecule has 0 aliphatic rings. The number of benzene rings is 3. The fourth-order valence-electron chi connectivity index (χ4n) is 3.16. The first kappa shape index (κ1) is 17.9. The van der Waals surface area contributed by atoms with Crippen LogP contribution in [0.25, 0.3) is 11.0 Å². The van der Waals surface area contributed by atoms with Gasteiger partial charge in [-0.1, -0.05) is 66.7 Å². The molecule has 4 aromatic rings. The highest BCUT2D eigenvalue weighted by molar-refractivity contribution is 5.89. The summed E-state index contributed by atoms with van der Waals surface area (Å²) in [7, 11) is 0. The van der Waals surface area contributed by atoms with Crippen molar-refractivity contribution in [2.75, 3.05) is 0 Å². The number of hydrogen-bond donors (Lipinski definition) is 0. The fourth-order valence-corrected chi connectivity index (χ4v) is 3.16. The van der Waals surface area contributed by atoms with E-state index in [0.29, 0.717) is 12.1 Å². The zero-order valence-corrected chi connectivity index (χ0v) is 15.7. The molecule has 0 N–H and O–H groups in total. The second-order valence-electron chi connectivity index (χ2n) is 6.62. The van der Waals surface area contributed by atoms with E-state index >= 15 is 0 Å². The molecular formula is C23H21N3O2. The summed E-state index contributed by atoms with van der Waals surface area (Å²) in [4.78, 5) is 12.8. The number of nitrogens with zero attached hydrogens (tertiary/aromatic N) is 3. The molecule has 0 aliphatic heterocycles. The molecule has 1 heterocycles. The molecular weight excluding hydrogens is 350 g/mol. The van der Waals surface area contributed by atoms with E-state index < -0.39 is 6.10 Å². The predicted octanol–water partition coefficient (Wildman–Crippen LogP) is 4.59. The third-order valence-corrected chi connectivity index (χ3v) is 4.78. The van der Waals surface area contributed by atoms with Gasteiger partial charge in [-0.2, -0.15) is 0 Å². The molecule has 5 heteroatoms. The van der Waals surface area contributed by atoms with E-state index in [4.69, 9.17) is 4.74 Å². The Morgan fingerprint density at radius 2 is 1.68 bits per heavy atom. The smallest absolute Gasteiger partial charge is 0.338 e. The molecule has 0 bridgehead atoms. The van der Waals surface area contributed by atoms with Gasteiger partial charge in [0.1, 0.15) is 11.6 Å². The van der Waals surface area contributed by atoms with E-state index in [0.717, 1.165) is 23.0 Å². The van der Waals surface area contributed by atoms with Gasteiger partial charge in [-0.3, -0.25) is 0 Å². The molecule has 0 saturated carbocycles. The predicted molar refractivity (Wildman–Crippen MR) is 108 cm³/mol. The average Bonchev–Trinajstić information content (AvgIpc) is 3.17. The Labute approximate surface area is 163 Å². The average molecular weight is 371 g/mol. The maximum atomic E-state index is 12.8. The van der Waals surface area contributed by atoms with Gasteiger partial charge in [-0.25, -0.2) is 9.48 Å². The lowest BCUT2D eigenvalue weighted by Crippen LogP contribution is -2.18. The zero-order chi connectivity index (χ0) is 19.3. The number of carbonyl (C=O) groups is 1. The SMILES string of the molecule is CCc1ccc(C(=O)OC(Cn2nnc3ccccc32)c2ccccc2)cc1. The largest absolute Gasteiger partial charge is 0.452 e. The Balaban J connectivity index is 1.61. The summed E-state index contributed by atoms with van der Waals surface area (Å²) >= 11 is 0. The van der Waals surface area contributed by atoms with E-state index in [1.165, 1.54) is 5.56 Å². The van der Waals surface area contributed by atoms with E-state index in [1.54, 1.807) is 4.68 Å². The third kappa shape index (κ3) is 3.78. The molecule has 0 fully saturated rings. The molecule has 1 unspecified atom stereocenters. The van der Waals surface area contributed by atoms with Crippen molar-refractivity contribution in [2.24, 2.45) is 0 Å². The van der Waals surface area contributed by atoms with Gasteiger partial charge in [-0.15, -0.1) is 5.10 Å². The van der Waals surface area contributed by atoms with Crippen molar-refractivity contribution in [3.05, 3.63) is 95.6 Å². The van der Waals surface area contributed by atoms with Crippen molar-refractivity contribution in [3.63, 3.8) is 0 Å². The first-order chi connectivity index (χ1) is 13.7. The Morgan fingerprint density at radius 1 is 0.964 bits per heavy atom. The molecule has 1 aromatic heterocycles. The maximum absolute atomic E-state index is 12.8. The summed E-state index contributed by atoms with van der Waals surface area (Å²) in [6, 6.07) is 25.0. The Kier molecular flexibility index (Phi) is 5.15. The van der Waals surface area contributed by atoms with Gasteiger partial charge in [0.25, 0.3) is 0 Å². The van der Waals surface area contributed by atoms with Crippen molar-refractivity contribution in [1.29, 1.82) is 0 Å². The van der Waals surface area contributed by atoms with E-state index in [-0.39, 0.29) is 5.97 Å². The van der Waals surface area contributed by atoms with Crippen LogP contribution in [0.2, 0.25) is 0 Å². The van der Waals surface area contributed by atoms with Crippen LogP contribution in [0.1, 0.15) is 34.5 Å². The lowest BCUT2D eigenvalue weighted by molar-refractivity contribution is 0.0248. The van der Waals surface area contributed by atoms with Crippen molar-refractivity contribution < 1.29 is 9.53 Å². The van der Waals surface area contributed by atoms with Crippen LogP contribution in [-0.2, 0) is 17.7 Å². The molecule has 0 aliphatic carbocycles. The van der Waals surface area contributed by atoms with Gasteiger partial charge >= 0.3 is 5.97 Å². The molecule has 0 radical (unpaired) electrons. The fraction of sp³-hybridized carbons (Fsp3) is 0.174. The Bertz CT molecular complexity index is 1070. The van der Waals surface area contributed by atoms with Crippen molar-refractivity contribution in [3.8, 4) is 0 Å². The summed E-state index contributed by atoms with van der Waals surface area (Å²) in [6.07, 6.45) is 0.464. The number of aryl methyl sites for hydroxylation is 1. The lowest BCUT2D eigenvalue weighted by atomic mass is 10.1. The zero-order valence-electron chi connectivity index (χ0n) is 15.7. The van der Waals surface area contributed by atoms with Crippen LogP contribution in [-0.4, -0.2) is 21.0 Å². The number of carbonyl (C=O) groups excluding carboxylic acids is 1. The van der Waals surface area contributed by atoms with Crippen molar-refractivity contribution in [2.45, 2.75) is 26.0 Å². The van der Waals surface area contributed by atoms with Crippen LogP contribution in [0.4, 0.5) is 0 Å². The maximum Gasteiger partial charge on any atom is 0.338 e. The first-order valence-corrected chi connectivity index (χ1v) is 9.37. The standard InChI is InChI=1S/C23H21N3O2/c1-2-17-12-14-19(15-13-17)23(27)28-22(18-8-4-3-5-9-18)16-26-21-11-7-6-10-20(21)24-25-26/h3-15,22H,2,16H2,1H3. The minimum absolute atomic E-state index is 0.346. The summed E-state index contributed by atoms with van der Waals surface area (Å²) < 4.78 is 7.67. The molecule has 5 nitrogen and oxygen atoms in total. The van der Waals surface area contributed by atoms with Gasteiger partial charge in [0, 0.05) is 0 Å². The number of rotatable bonds is 6. The van der Waals surface area contributed by atoms with Crippen LogP contribution in [0, 0.1) is 0 Å². The molecule has 0 spiro atoms. The molecule has 0 amide bonds. The molecule has 0 saturated heterocycles. The topological polar surface area (TPSA) is 57.0 Å². The van der Waals surface area contributed by atoms with Crippen LogP contribution >= 0.6 is 0 Å². The van der Waals surface area contributed by atoms with E-state index in [2.05, 4.69) is 17.2 Å². The second kappa shape index (κ2) is 8.05. The van der Waals surface area contributed by atoms with Crippen LogP contribution in [0.3, 0.4) is 0 Å². The van der Waals surface area contributed by atoms with Gasteiger partial charge in [0.15, 0.2) is 0 Å². The van der Waals surface area contributed by atoms with Gasteiger partial charge in [0.05, 0.1) is 17.6 Å². The highest BCUT2D eigenvalue weighted by atomic mass is 16.5. The Hall–Kier alpha value is -3.47. The molecule has 4 rings (SSSR count). The van der Waals surface area contributed by atoms with Crippen LogP contribution in [0.5, 0.6) is 0 Å². The molecule has 3 aromatic carbocycles. The van der Waals surface area contributed by atoms with E-state index in [1.807, 2.05) is 78.9 Å². The molecule has 28 heavy (non-hydrogen) atoms. The van der Waals surface area contributed by atoms with Crippen molar-refractivity contribution >= 4 is 17.0 Å². The number of hydrogen-bond acceptors (Lipinski definition) is 4. The molecule has 1 atom stereocenters. The third-order valence-electron chi connectivity index (χ3n) is 4.78. The number of esters is 1. The number of para-hydroxylation sites is 1. The Morgan fingerprint density at radius 3 is 2.43 bits per heavy atom. The summed E-state index contributed by atoms with van der Waals surface area (Å²) in [5.74, 6) is -0.346. The number of ether oxygens (including phenoxy) is 1. The quantitative estimate of drug-likeness (QED) is 0.465. The summed E-state index contributed by atoms with van der Waals surface area (Å²) in [5, 5.41) is 8.43. The number of aromatic nitrogens is 3. The minimum Gasteiger partial charge on any atom is -0.452 e. The highest BCUT2D eigenvalue weighted by Gasteiger charge is 2.20. The summed E-state index contributed by atoms with van der Waals surface area (Å²) in [5.41, 5.74) is 4.37. The van der Waals surface area contributed by atoms with E-state index in [9.17, 15) is 4.79 Å². The van der Waals surface area contributed by atoms with Gasteiger partial charge in [0.2, 0.25) is 0 Å². The van der Waals surface area contributed by atoms with Crippen LogP contribution in [0.15, 0.2) is 78.9 Å². The van der Waals surface area contributed by atoms with Gasteiger partial charge in [-0.05, 0) is 41.8 Å². The number of fused-ring (bicyclic) bond motifs is 1. The first-order valence-electron chi connectivity index (χ1n) is 9.37. The van der Waals surface area contributed by atoms with Crippen molar-refractivity contribution in [1.82, 2.24) is 15.0 Å². The second-order valence-corrected chi connectivity index (χ2v) is 6.62. The normalized spacial score (nSPS) is 12.0. The monoisotopic (exact) mass is 371 g/mol. The summed E-state index contributed by atoms with van der Waals surface area (Å²) in [6.45, 7) is 2.48. The van der Waals surface area contributed by atoms with Gasteiger partial charge < -0.3 is 4.74 Å². The highest BCUT2D eigenvalue weighted by Crippen LogP contribution is 2.23. The lowest BCUT2D eigenvalue weighted by Gasteiger charge is -2.19.